The molecule has 3 N–H and O–H groups in total. The van der Waals surface area contributed by atoms with Gasteiger partial charge in [0.05, 0.1) is 17.5 Å². The van der Waals surface area contributed by atoms with E-state index in [2.05, 4.69) is 10.6 Å². The van der Waals surface area contributed by atoms with Gasteiger partial charge < -0.3 is 25.2 Å². The number of aliphatic hydroxyl groups excluding tert-OH is 1. The molecule has 0 aromatic heterocycles. The van der Waals surface area contributed by atoms with E-state index in [0.29, 0.717) is 24.8 Å². The highest BCUT2D eigenvalue weighted by Crippen LogP contribution is 2.69. The zero-order chi connectivity index (χ0) is 25.9. The summed E-state index contributed by atoms with van der Waals surface area (Å²) >= 11 is 5.62. The van der Waals surface area contributed by atoms with Crippen LogP contribution in [0.15, 0.2) is 42.5 Å². The number of rotatable bonds is 11. The third kappa shape index (κ3) is 5.93. The van der Waals surface area contributed by atoms with Crippen molar-refractivity contribution in [1.82, 2.24) is 10.6 Å². The van der Waals surface area contributed by atoms with E-state index in [0.717, 1.165) is 6.07 Å². The highest BCUT2D eigenvalue weighted by molar-refractivity contribution is 6.30. The normalized spacial score (nSPS) is 22.4. The number of carbonyl (C=O) groups excluding carboxylic acids is 3. The van der Waals surface area contributed by atoms with Gasteiger partial charge in [0.15, 0.2) is 6.61 Å². The molecule has 0 saturated heterocycles. The van der Waals surface area contributed by atoms with Gasteiger partial charge in [-0.3, -0.25) is 14.4 Å². The molecule has 0 aliphatic heterocycles. The Morgan fingerprint density at radius 3 is 2.39 bits per heavy atom. The Morgan fingerprint density at radius 1 is 1.06 bits per heavy atom. The van der Waals surface area contributed by atoms with E-state index in [1.165, 1.54) is 36.4 Å². The Hall–Kier alpha value is -3.24. The van der Waals surface area contributed by atoms with Gasteiger partial charge in [-0.05, 0) is 54.5 Å². The second-order valence-corrected chi connectivity index (χ2v) is 9.82. The van der Waals surface area contributed by atoms with Crippen LogP contribution in [0.25, 0.3) is 0 Å². The average molecular weight is 523 g/mol. The van der Waals surface area contributed by atoms with Gasteiger partial charge in [0.2, 0.25) is 5.91 Å². The number of hydrogen-bond acceptors (Lipinski definition) is 6. The molecule has 1 unspecified atom stereocenters. The molecule has 2 bridgehead atoms. The van der Waals surface area contributed by atoms with Crippen LogP contribution in [0.1, 0.15) is 37.3 Å². The van der Waals surface area contributed by atoms with Crippen LogP contribution >= 0.6 is 11.6 Å². The molecule has 5 rings (SSSR count). The molecule has 0 spiro atoms. The van der Waals surface area contributed by atoms with E-state index in [-0.39, 0.29) is 47.3 Å². The summed E-state index contributed by atoms with van der Waals surface area (Å²) in [7, 11) is 0. The number of halogens is 3. The van der Waals surface area contributed by atoms with Crippen molar-refractivity contribution >= 4 is 29.4 Å². The van der Waals surface area contributed by atoms with Gasteiger partial charge in [0.1, 0.15) is 30.6 Å². The summed E-state index contributed by atoms with van der Waals surface area (Å²) in [6.07, 6.45) is 2.03. The summed E-state index contributed by atoms with van der Waals surface area (Å²) in [5, 5.41) is 14.4. The van der Waals surface area contributed by atoms with Crippen molar-refractivity contribution in [3.8, 4) is 5.75 Å². The van der Waals surface area contributed by atoms with E-state index in [9.17, 15) is 23.2 Å². The van der Waals surface area contributed by atoms with E-state index in [4.69, 9.17) is 26.2 Å². The quantitative estimate of drug-likeness (QED) is 0.391. The molecule has 36 heavy (non-hydrogen) atoms. The maximum Gasteiger partial charge on any atom is 0.306 e. The Balaban J connectivity index is 1.20. The maximum absolute atomic E-state index is 13.5. The van der Waals surface area contributed by atoms with Gasteiger partial charge in [-0.1, -0.05) is 23.7 Å². The molecule has 2 aromatic carbocycles. The topological polar surface area (TPSA) is 114 Å². The van der Waals surface area contributed by atoms with Gasteiger partial charge in [-0.25, -0.2) is 8.78 Å². The van der Waals surface area contributed by atoms with Gasteiger partial charge in [0, 0.05) is 11.6 Å². The fourth-order valence-electron chi connectivity index (χ4n) is 5.06. The average Bonchev–Trinajstić information content (AvgIpc) is 2.80. The van der Waals surface area contributed by atoms with Crippen LogP contribution in [0.5, 0.6) is 5.75 Å². The number of esters is 1. The highest BCUT2D eigenvalue weighted by Gasteiger charge is 2.68. The standard InChI is InChI=1S/C25H25ClF2N2O6/c26-18-6-5-17(7-19(18)28)35-11-22(33)30-25-12-24(13-25,14-25)8-23(34)36-10-20(29-21(32)9-31)15-1-3-16(27)4-2-15/h1-7,20,31H,8-14H2,(H,29,32)(H,30,33). The molecule has 3 aliphatic carbocycles. The monoisotopic (exact) mass is 522 g/mol. The molecule has 3 aliphatic rings. The summed E-state index contributed by atoms with van der Waals surface area (Å²) in [5.41, 5.74) is -0.0937. The van der Waals surface area contributed by atoms with Crippen LogP contribution in [0.4, 0.5) is 8.78 Å². The molecule has 8 nitrogen and oxygen atoms in total. The maximum atomic E-state index is 13.5. The van der Waals surface area contributed by atoms with Crippen LogP contribution in [-0.4, -0.2) is 48.2 Å². The number of nitrogens with one attached hydrogen (secondary N) is 2. The molecule has 3 fully saturated rings. The Morgan fingerprint density at radius 2 is 1.75 bits per heavy atom. The third-order valence-electron chi connectivity index (χ3n) is 6.49. The predicted octanol–water partition coefficient (Wildman–Crippen LogP) is 2.82. The minimum Gasteiger partial charge on any atom is -0.484 e. The van der Waals surface area contributed by atoms with Gasteiger partial charge in [-0.2, -0.15) is 0 Å². The van der Waals surface area contributed by atoms with Crippen LogP contribution in [-0.2, 0) is 19.1 Å². The van der Waals surface area contributed by atoms with Crippen molar-refractivity contribution in [3.05, 3.63) is 64.7 Å². The molecule has 3 saturated carbocycles. The largest absolute Gasteiger partial charge is 0.484 e. The summed E-state index contributed by atoms with van der Waals surface area (Å²) in [5.74, 6) is -2.34. The van der Waals surface area contributed by atoms with Crippen LogP contribution in [0, 0.1) is 17.0 Å². The molecule has 2 amide bonds. The van der Waals surface area contributed by atoms with E-state index in [1.54, 1.807) is 0 Å². The second-order valence-electron chi connectivity index (χ2n) is 9.41. The van der Waals surface area contributed by atoms with Crippen molar-refractivity contribution in [3.63, 3.8) is 0 Å². The van der Waals surface area contributed by atoms with E-state index >= 15 is 0 Å². The van der Waals surface area contributed by atoms with Crippen molar-refractivity contribution in [2.75, 3.05) is 19.8 Å². The number of benzene rings is 2. The summed E-state index contributed by atoms with van der Waals surface area (Å²) in [4.78, 5) is 36.4. The van der Waals surface area contributed by atoms with Gasteiger partial charge in [0.25, 0.3) is 5.91 Å². The van der Waals surface area contributed by atoms with Crippen molar-refractivity contribution < 1.29 is 37.7 Å². The second kappa shape index (κ2) is 10.4. The number of hydrogen-bond donors (Lipinski definition) is 3. The van der Waals surface area contributed by atoms with Crippen molar-refractivity contribution in [2.45, 2.75) is 37.3 Å². The van der Waals surface area contributed by atoms with E-state index < -0.39 is 36.2 Å². The lowest BCUT2D eigenvalue weighted by molar-refractivity contribution is -0.183. The first-order valence-corrected chi connectivity index (χ1v) is 11.7. The minimum atomic E-state index is -0.734. The lowest BCUT2D eigenvalue weighted by Crippen LogP contribution is -2.75. The minimum absolute atomic E-state index is 0.0367. The van der Waals surface area contributed by atoms with Crippen LogP contribution < -0.4 is 15.4 Å². The molecule has 2 aromatic rings. The smallest absolute Gasteiger partial charge is 0.306 e. The molecule has 0 radical (unpaired) electrons. The first-order chi connectivity index (χ1) is 17.1. The first-order valence-electron chi connectivity index (χ1n) is 11.3. The SMILES string of the molecule is O=C(CO)NC(COC(=O)CC12CC(NC(=O)COc3ccc(Cl)c(F)c3)(C1)C2)c1ccc(F)cc1. The summed E-state index contributed by atoms with van der Waals surface area (Å²) < 4.78 is 37.4. The summed E-state index contributed by atoms with van der Waals surface area (Å²) in [6, 6.07) is 8.56. The number of amides is 2. The number of ether oxygens (including phenoxy) is 2. The van der Waals surface area contributed by atoms with Crippen LogP contribution in [0.3, 0.4) is 0 Å². The first kappa shape index (κ1) is 25.8. The fraction of sp³-hybridized carbons (Fsp3) is 0.400. The molecule has 192 valence electrons. The molecular weight excluding hydrogens is 498 g/mol. The fourth-order valence-corrected chi connectivity index (χ4v) is 5.17. The van der Waals surface area contributed by atoms with Crippen molar-refractivity contribution in [2.24, 2.45) is 5.41 Å². The summed E-state index contributed by atoms with van der Waals surface area (Å²) in [6.45, 7) is -1.18. The lowest BCUT2D eigenvalue weighted by Gasteiger charge is -2.70. The Bertz CT molecular complexity index is 1140. The number of aliphatic hydroxyl groups is 1. The lowest BCUT2D eigenvalue weighted by atomic mass is 9.38. The predicted molar refractivity (Wildman–Crippen MR) is 124 cm³/mol. The third-order valence-corrected chi connectivity index (χ3v) is 6.79. The van der Waals surface area contributed by atoms with Crippen molar-refractivity contribution in [1.29, 1.82) is 0 Å². The Labute approximate surface area is 210 Å². The van der Waals surface area contributed by atoms with Gasteiger partial charge >= 0.3 is 5.97 Å². The Kier molecular flexibility index (Phi) is 7.46. The number of carbonyl (C=O) groups is 3. The zero-order valence-electron chi connectivity index (χ0n) is 19.2. The zero-order valence-corrected chi connectivity index (χ0v) is 19.9. The highest BCUT2D eigenvalue weighted by atomic mass is 35.5. The van der Waals surface area contributed by atoms with Gasteiger partial charge in [-0.15, -0.1) is 0 Å². The molecule has 11 heteroatoms. The molecule has 0 heterocycles. The molecule has 1 atom stereocenters. The van der Waals surface area contributed by atoms with Crippen LogP contribution in [0.2, 0.25) is 5.02 Å². The molecular formula is C25H25ClF2N2O6. The van der Waals surface area contributed by atoms with E-state index in [1.807, 2.05) is 0 Å².